The molecule has 1 aromatic rings. The van der Waals surface area contributed by atoms with E-state index < -0.39 is 16.3 Å². The Morgan fingerprint density at radius 2 is 1.95 bits per heavy atom. The van der Waals surface area contributed by atoms with Gasteiger partial charge in [-0.1, -0.05) is 6.07 Å². The molecule has 8 heteroatoms. The lowest BCUT2D eigenvalue weighted by atomic mass is 10.1. The number of rotatable bonds is 4. The molecule has 1 rings (SSSR count). The molecule has 0 heterocycles. The van der Waals surface area contributed by atoms with Gasteiger partial charge in [-0.15, -0.1) is 0 Å². The molecule has 106 valence electrons. The number of amides is 1. The highest BCUT2D eigenvalue weighted by molar-refractivity contribution is 7.91. The SMILES string of the molecule is CCOC(=O)NS(=O)(=O)Nc1cc(N)c(C)cc1C. The summed E-state index contributed by atoms with van der Waals surface area (Å²) in [4.78, 5) is 11.1. The van der Waals surface area contributed by atoms with Crippen molar-refractivity contribution in [3.05, 3.63) is 23.3 Å². The lowest BCUT2D eigenvalue weighted by Crippen LogP contribution is -2.35. The number of aryl methyl sites for hydroxylation is 2. The fraction of sp³-hybridized carbons (Fsp3) is 0.364. The largest absolute Gasteiger partial charge is 0.449 e. The summed E-state index contributed by atoms with van der Waals surface area (Å²) in [5.41, 5.74) is 8.02. The molecule has 0 fully saturated rings. The number of carbonyl (C=O) groups is 1. The molecule has 0 unspecified atom stereocenters. The molecule has 0 aliphatic rings. The van der Waals surface area contributed by atoms with E-state index in [4.69, 9.17) is 5.73 Å². The van der Waals surface area contributed by atoms with Crippen LogP contribution in [0.1, 0.15) is 18.1 Å². The zero-order chi connectivity index (χ0) is 14.6. The average Bonchev–Trinajstić information content (AvgIpc) is 2.24. The number of ether oxygens (including phenoxy) is 1. The number of nitrogens with one attached hydrogen (secondary N) is 2. The van der Waals surface area contributed by atoms with Crippen LogP contribution in [0.2, 0.25) is 0 Å². The maximum atomic E-state index is 11.7. The van der Waals surface area contributed by atoms with Crippen LogP contribution < -0.4 is 15.2 Å². The van der Waals surface area contributed by atoms with Crippen LogP contribution in [0.3, 0.4) is 0 Å². The molecule has 0 saturated carbocycles. The van der Waals surface area contributed by atoms with Gasteiger partial charge in [-0.05, 0) is 38.0 Å². The molecule has 0 aliphatic carbocycles. The minimum absolute atomic E-state index is 0.0812. The van der Waals surface area contributed by atoms with Crippen LogP contribution in [0.5, 0.6) is 0 Å². The van der Waals surface area contributed by atoms with Crippen LogP contribution in [-0.2, 0) is 14.9 Å². The maximum Gasteiger partial charge on any atom is 0.422 e. The quantitative estimate of drug-likeness (QED) is 0.723. The van der Waals surface area contributed by atoms with E-state index in [2.05, 4.69) is 9.46 Å². The van der Waals surface area contributed by atoms with E-state index in [1.807, 2.05) is 6.92 Å². The van der Waals surface area contributed by atoms with Gasteiger partial charge in [0, 0.05) is 5.69 Å². The van der Waals surface area contributed by atoms with Crippen molar-refractivity contribution in [3.8, 4) is 0 Å². The first kappa shape index (κ1) is 15.1. The Balaban J connectivity index is 2.90. The number of nitrogens with two attached hydrogens (primary N) is 1. The molecular formula is C11H17N3O4S. The molecule has 0 bridgehead atoms. The number of carbonyl (C=O) groups excluding carboxylic acids is 1. The van der Waals surface area contributed by atoms with Gasteiger partial charge in [0.05, 0.1) is 12.3 Å². The molecule has 0 aromatic heterocycles. The summed E-state index contributed by atoms with van der Waals surface area (Å²) >= 11 is 0. The molecule has 0 radical (unpaired) electrons. The average molecular weight is 287 g/mol. The normalized spacial score (nSPS) is 10.9. The van der Waals surface area contributed by atoms with Crippen LogP contribution in [0, 0.1) is 13.8 Å². The summed E-state index contributed by atoms with van der Waals surface area (Å²) in [5, 5.41) is 0. The van der Waals surface area contributed by atoms with E-state index in [0.717, 1.165) is 5.56 Å². The molecule has 1 amide bonds. The molecule has 1 aromatic carbocycles. The Morgan fingerprint density at radius 1 is 1.32 bits per heavy atom. The van der Waals surface area contributed by atoms with Crippen molar-refractivity contribution < 1.29 is 17.9 Å². The van der Waals surface area contributed by atoms with Crippen LogP contribution >= 0.6 is 0 Å². The molecule has 4 N–H and O–H groups in total. The topological polar surface area (TPSA) is 111 Å². The summed E-state index contributed by atoms with van der Waals surface area (Å²) in [5.74, 6) is 0. The van der Waals surface area contributed by atoms with E-state index in [-0.39, 0.29) is 6.61 Å². The molecule has 0 aliphatic heterocycles. The Bertz CT molecular complexity index is 584. The Hall–Kier alpha value is -1.96. The Morgan fingerprint density at radius 3 is 2.53 bits per heavy atom. The number of benzene rings is 1. The van der Waals surface area contributed by atoms with Gasteiger partial charge in [0.25, 0.3) is 0 Å². The molecule has 0 saturated heterocycles. The third-order valence-electron chi connectivity index (χ3n) is 2.35. The van der Waals surface area contributed by atoms with E-state index in [1.165, 1.54) is 6.07 Å². The standard InChI is InChI=1S/C11H17N3O4S/c1-4-18-11(15)14-19(16,17)13-10-6-9(12)7(2)5-8(10)3/h5-6,13H,4,12H2,1-3H3,(H,14,15). The van der Waals surface area contributed by atoms with Crippen molar-refractivity contribution in [3.63, 3.8) is 0 Å². The van der Waals surface area contributed by atoms with Crippen LogP contribution in [0.4, 0.5) is 16.2 Å². The maximum absolute atomic E-state index is 11.7. The minimum atomic E-state index is -4.04. The highest BCUT2D eigenvalue weighted by atomic mass is 32.2. The van der Waals surface area contributed by atoms with Crippen LogP contribution in [0.25, 0.3) is 0 Å². The van der Waals surface area contributed by atoms with Gasteiger partial charge in [-0.3, -0.25) is 4.72 Å². The molecule has 0 atom stereocenters. The highest BCUT2D eigenvalue weighted by Crippen LogP contribution is 2.22. The van der Waals surface area contributed by atoms with Crippen molar-refractivity contribution in [2.45, 2.75) is 20.8 Å². The number of hydrogen-bond donors (Lipinski definition) is 3. The lowest BCUT2D eigenvalue weighted by Gasteiger charge is -2.13. The zero-order valence-corrected chi connectivity index (χ0v) is 11.8. The Labute approximate surface area is 112 Å². The van der Waals surface area contributed by atoms with Crippen molar-refractivity contribution in [1.82, 2.24) is 4.72 Å². The van der Waals surface area contributed by atoms with Gasteiger partial charge in [-0.25, -0.2) is 9.52 Å². The minimum Gasteiger partial charge on any atom is -0.449 e. The highest BCUT2D eigenvalue weighted by Gasteiger charge is 2.16. The summed E-state index contributed by atoms with van der Waals surface area (Å²) in [6, 6.07) is 3.24. The molecule has 19 heavy (non-hydrogen) atoms. The Kier molecular flexibility index (Phi) is 4.60. The molecule has 0 spiro atoms. The first-order valence-electron chi connectivity index (χ1n) is 5.59. The molecule has 7 nitrogen and oxygen atoms in total. The smallest absolute Gasteiger partial charge is 0.422 e. The van der Waals surface area contributed by atoms with Crippen molar-refractivity contribution >= 4 is 27.7 Å². The first-order valence-corrected chi connectivity index (χ1v) is 7.07. The van der Waals surface area contributed by atoms with Crippen LogP contribution in [0.15, 0.2) is 12.1 Å². The monoisotopic (exact) mass is 287 g/mol. The van der Waals surface area contributed by atoms with Gasteiger partial charge >= 0.3 is 16.3 Å². The summed E-state index contributed by atoms with van der Waals surface area (Å²) in [6.45, 7) is 5.20. The predicted octanol–water partition coefficient (Wildman–Crippen LogP) is 1.29. The molecular weight excluding hydrogens is 270 g/mol. The third-order valence-corrected chi connectivity index (χ3v) is 3.27. The van der Waals surface area contributed by atoms with Gasteiger partial charge in [-0.2, -0.15) is 8.42 Å². The van der Waals surface area contributed by atoms with Gasteiger partial charge in [0.1, 0.15) is 0 Å². The fourth-order valence-electron chi connectivity index (χ4n) is 1.42. The van der Waals surface area contributed by atoms with Crippen molar-refractivity contribution in [1.29, 1.82) is 0 Å². The first-order chi connectivity index (χ1) is 8.75. The van der Waals surface area contributed by atoms with E-state index in [0.29, 0.717) is 16.9 Å². The van der Waals surface area contributed by atoms with E-state index >= 15 is 0 Å². The second kappa shape index (κ2) is 5.79. The van der Waals surface area contributed by atoms with E-state index in [9.17, 15) is 13.2 Å². The van der Waals surface area contributed by atoms with Gasteiger partial charge in [0.2, 0.25) is 0 Å². The predicted molar refractivity (Wildman–Crippen MR) is 73.0 cm³/mol. The second-order valence-electron chi connectivity index (χ2n) is 3.95. The number of nitrogen functional groups attached to an aromatic ring is 1. The van der Waals surface area contributed by atoms with Gasteiger partial charge in [0.15, 0.2) is 0 Å². The van der Waals surface area contributed by atoms with Gasteiger partial charge < -0.3 is 10.5 Å². The fourth-order valence-corrected chi connectivity index (χ4v) is 2.26. The summed E-state index contributed by atoms with van der Waals surface area (Å²) in [6.07, 6.45) is -1.03. The number of anilines is 2. The zero-order valence-electron chi connectivity index (χ0n) is 11.0. The second-order valence-corrected chi connectivity index (χ2v) is 5.37. The van der Waals surface area contributed by atoms with Crippen molar-refractivity contribution in [2.75, 3.05) is 17.1 Å². The summed E-state index contributed by atoms with van der Waals surface area (Å²) < 4.78 is 31.8. The van der Waals surface area contributed by atoms with E-state index in [1.54, 1.807) is 24.6 Å². The third kappa shape index (κ3) is 4.32. The van der Waals surface area contributed by atoms with Crippen LogP contribution in [-0.4, -0.2) is 21.1 Å². The van der Waals surface area contributed by atoms with Crippen molar-refractivity contribution in [2.24, 2.45) is 0 Å². The number of hydrogen-bond acceptors (Lipinski definition) is 5. The summed E-state index contributed by atoms with van der Waals surface area (Å²) in [7, 11) is -4.04. The lowest BCUT2D eigenvalue weighted by molar-refractivity contribution is 0.159.